The zero-order chi connectivity index (χ0) is 19.3. The maximum atomic E-state index is 12.5. The maximum Gasteiger partial charge on any atom is 0.160 e. The van der Waals surface area contributed by atoms with Gasteiger partial charge >= 0.3 is 0 Å². The molecule has 1 aliphatic rings. The predicted octanol–water partition coefficient (Wildman–Crippen LogP) is 2.66. The van der Waals surface area contributed by atoms with Crippen LogP contribution in [0.25, 0.3) is 16.8 Å². The SMILES string of the molecule is Cc1nn(CC(=O)Cc2ccc(-c3cnccn3)cn2)cc1C1=CCOCC1. The van der Waals surface area contributed by atoms with Crippen molar-refractivity contribution in [1.82, 2.24) is 24.7 Å². The van der Waals surface area contributed by atoms with Crippen LogP contribution in [0.4, 0.5) is 0 Å². The Morgan fingerprint density at radius 1 is 1.21 bits per heavy atom. The highest BCUT2D eigenvalue weighted by atomic mass is 16.5. The Kier molecular flexibility index (Phi) is 5.34. The summed E-state index contributed by atoms with van der Waals surface area (Å²) in [7, 11) is 0. The van der Waals surface area contributed by atoms with Gasteiger partial charge in [0.1, 0.15) is 0 Å². The number of ketones is 1. The lowest BCUT2D eigenvalue weighted by Gasteiger charge is -2.12. The van der Waals surface area contributed by atoms with Crippen molar-refractivity contribution in [3.05, 3.63) is 66.1 Å². The fourth-order valence-electron chi connectivity index (χ4n) is 3.25. The van der Waals surface area contributed by atoms with E-state index in [1.807, 2.05) is 25.3 Å². The molecule has 142 valence electrons. The molecule has 3 aromatic heterocycles. The number of carbonyl (C=O) groups excluding carboxylic acids is 1. The van der Waals surface area contributed by atoms with Gasteiger partial charge in [0.05, 0.1) is 43.8 Å². The van der Waals surface area contributed by atoms with Crippen LogP contribution >= 0.6 is 0 Å². The van der Waals surface area contributed by atoms with Gasteiger partial charge in [-0.05, 0) is 31.1 Å². The first-order chi connectivity index (χ1) is 13.7. The molecule has 0 unspecified atom stereocenters. The van der Waals surface area contributed by atoms with E-state index in [9.17, 15) is 4.79 Å². The molecule has 3 aromatic rings. The lowest BCUT2D eigenvalue weighted by molar-refractivity contribution is -0.119. The molecule has 0 aromatic carbocycles. The number of Topliss-reactive ketones (excluding diaryl/α,β-unsaturated/α-hetero) is 1. The minimum Gasteiger partial charge on any atom is -0.377 e. The molecule has 0 fully saturated rings. The third-order valence-corrected chi connectivity index (χ3v) is 4.66. The molecule has 0 aliphatic carbocycles. The van der Waals surface area contributed by atoms with Crippen LogP contribution < -0.4 is 0 Å². The van der Waals surface area contributed by atoms with E-state index in [0.717, 1.165) is 41.2 Å². The Morgan fingerprint density at radius 2 is 2.14 bits per heavy atom. The number of carbonyl (C=O) groups is 1. The monoisotopic (exact) mass is 375 g/mol. The molecule has 1 aliphatic heterocycles. The second kappa shape index (κ2) is 8.22. The van der Waals surface area contributed by atoms with Crippen LogP contribution in [0.2, 0.25) is 0 Å². The van der Waals surface area contributed by atoms with Gasteiger partial charge in [-0.2, -0.15) is 5.10 Å². The second-order valence-electron chi connectivity index (χ2n) is 6.72. The molecule has 0 radical (unpaired) electrons. The smallest absolute Gasteiger partial charge is 0.160 e. The number of hydrogen-bond acceptors (Lipinski definition) is 6. The van der Waals surface area contributed by atoms with Gasteiger partial charge in [-0.25, -0.2) is 0 Å². The van der Waals surface area contributed by atoms with Crippen molar-refractivity contribution < 1.29 is 9.53 Å². The molecule has 0 N–H and O–H groups in total. The van der Waals surface area contributed by atoms with Crippen molar-refractivity contribution >= 4 is 11.4 Å². The number of nitrogens with zero attached hydrogens (tertiary/aromatic N) is 5. The van der Waals surface area contributed by atoms with Gasteiger partial charge in [-0.1, -0.05) is 6.08 Å². The van der Waals surface area contributed by atoms with Crippen molar-refractivity contribution in [2.75, 3.05) is 13.2 Å². The van der Waals surface area contributed by atoms with E-state index < -0.39 is 0 Å². The minimum atomic E-state index is 0.0646. The summed E-state index contributed by atoms with van der Waals surface area (Å²) in [6.07, 6.45) is 11.9. The summed E-state index contributed by atoms with van der Waals surface area (Å²) in [6.45, 7) is 3.57. The molecule has 0 bridgehead atoms. The first-order valence-electron chi connectivity index (χ1n) is 9.23. The van der Waals surface area contributed by atoms with Gasteiger partial charge in [0.25, 0.3) is 0 Å². The summed E-state index contributed by atoms with van der Waals surface area (Å²) in [5.74, 6) is 0.0646. The summed E-state index contributed by atoms with van der Waals surface area (Å²) in [4.78, 5) is 25.2. The quantitative estimate of drug-likeness (QED) is 0.659. The van der Waals surface area contributed by atoms with Crippen LogP contribution in [0.3, 0.4) is 0 Å². The van der Waals surface area contributed by atoms with E-state index in [-0.39, 0.29) is 18.7 Å². The van der Waals surface area contributed by atoms with Crippen molar-refractivity contribution in [3.63, 3.8) is 0 Å². The lowest BCUT2D eigenvalue weighted by atomic mass is 10.0. The Morgan fingerprint density at radius 3 is 2.86 bits per heavy atom. The van der Waals surface area contributed by atoms with Crippen molar-refractivity contribution in [1.29, 1.82) is 0 Å². The van der Waals surface area contributed by atoms with Crippen LogP contribution in [0.5, 0.6) is 0 Å². The number of rotatable bonds is 6. The van der Waals surface area contributed by atoms with Gasteiger partial charge in [-0.15, -0.1) is 0 Å². The molecular weight excluding hydrogens is 354 g/mol. The number of aromatic nitrogens is 5. The Hall–Kier alpha value is -3.19. The molecule has 4 heterocycles. The highest BCUT2D eigenvalue weighted by Gasteiger charge is 2.14. The molecule has 28 heavy (non-hydrogen) atoms. The lowest BCUT2D eigenvalue weighted by Crippen LogP contribution is -2.13. The third-order valence-electron chi connectivity index (χ3n) is 4.66. The predicted molar refractivity (Wildman–Crippen MR) is 104 cm³/mol. The van der Waals surface area contributed by atoms with Gasteiger partial charge < -0.3 is 4.74 Å². The van der Waals surface area contributed by atoms with Gasteiger partial charge in [0.2, 0.25) is 0 Å². The Bertz CT molecular complexity index is 993. The first-order valence-corrected chi connectivity index (χ1v) is 9.23. The third kappa shape index (κ3) is 4.20. The minimum absolute atomic E-state index is 0.0646. The Balaban J connectivity index is 1.40. The first kappa shape index (κ1) is 18.2. The molecule has 4 rings (SSSR count). The zero-order valence-electron chi connectivity index (χ0n) is 15.7. The zero-order valence-corrected chi connectivity index (χ0v) is 15.7. The second-order valence-corrected chi connectivity index (χ2v) is 6.72. The van der Waals surface area contributed by atoms with Crippen LogP contribution in [0.15, 0.2) is 49.2 Å². The highest BCUT2D eigenvalue weighted by Crippen LogP contribution is 2.23. The number of ether oxygens (including phenoxy) is 1. The standard InChI is InChI=1S/C21H21N5O2/c1-15-20(16-4-8-28-9-5-16)14-26(25-15)13-19(27)10-18-3-2-17(11-24-18)21-12-22-6-7-23-21/h2-4,6-7,11-12,14H,5,8-10,13H2,1H3. The summed E-state index contributed by atoms with van der Waals surface area (Å²) < 4.78 is 7.08. The van der Waals surface area contributed by atoms with E-state index in [2.05, 4.69) is 26.1 Å². The molecule has 7 heteroatoms. The molecule has 0 amide bonds. The Labute approximate surface area is 163 Å². The fourth-order valence-corrected chi connectivity index (χ4v) is 3.25. The number of hydrogen-bond donors (Lipinski definition) is 0. The molecule has 0 atom stereocenters. The van der Waals surface area contributed by atoms with Crippen LogP contribution in [0, 0.1) is 6.92 Å². The van der Waals surface area contributed by atoms with Crippen molar-refractivity contribution in [2.45, 2.75) is 26.3 Å². The normalized spacial score (nSPS) is 14.0. The highest BCUT2D eigenvalue weighted by molar-refractivity contribution is 5.80. The summed E-state index contributed by atoms with van der Waals surface area (Å²) >= 11 is 0. The summed E-state index contributed by atoms with van der Waals surface area (Å²) in [5.41, 5.74) is 5.64. The van der Waals surface area contributed by atoms with E-state index in [1.54, 1.807) is 29.5 Å². The van der Waals surface area contributed by atoms with Crippen LogP contribution in [-0.2, 0) is 22.5 Å². The van der Waals surface area contributed by atoms with Crippen molar-refractivity contribution in [2.24, 2.45) is 0 Å². The van der Waals surface area contributed by atoms with Gasteiger partial charge in [-0.3, -0.25) is 24.4 Å². The van der Waals surface area contributed by atoms with Crippen molar-refractivity contribution in [3.8, 4) is 11.3 Å². The van der Waals surface area contributed by atoms with E-state index >= 15 is 0 Å². The number of aryl methyl sites for hydroxylation is 1. The van der Waals surface area contributed by atoms with Crippen LogP contribution in [-0.4, -0.2) is 43.7 Å². The molecule has 0 spiro atoms. The molecular formula is C21H21N5O2. The summed E-state index contributed by atoms with van der Waals surface area (Å²) in [6, 6.07) is 3.77. The van der Waals surface area contributed by atoms with E-state index in [1.165, 1.54) is 5.57 Å². The summed E-state index contributed by atoms with van der Waals surface area (Å²) in [5, 5.41) is 4.50. The topological polar surface area (TPSA) is 82.8 Å². The molecule has 7 nitrogen and oxygen atoms in total. The molecule has 0 saturated heterocycles. The van der Waals surface area contributed by atoms with Gasteiger partial charge in [0, 0.05) is 41.6 Å². The largest absolute Gasteiger partial charge is 0.377 e. The average Bonchev–Trinajstić information content (AvgIpc) is 3.09. The maximum absolute atomic E-state index is 12.5. The van der Waals surface area contributed by atoms with Crippen LogP contribution in [0.1, 0.15) is 23.4 Å². The molecule has 0 saturated carbocycles. The number of pyridine rings is 1. The van der Waals surface area contributed by atoms with E-state index in [0.29, 0.717) is 6.61 Å². The van der Waals surface area contributed by atoms with Gasteiger partial charge in [0.15, 0.2) is 5.78 Å². The van der Waals surface area contributed by atoms with E-state index in [4.69, 9.17) is 4.74 Å². The average molecular weight is 375 g/mol. The fraction of sp³-hybridized carbons (Fsp3) is 0.286.